The topological polar surface area (TPSA) is 79.9 Å². The first-order valence-corrected chi connectivity index (χ1v) is 7.31. The lowest BCUT2D eigenvalue weighted by atomic mass is 10.0. The zero-order valence-electron chi connectivity index (χ0n) is 11.8. The van der Waals surface area contributed by atoms with Gasteiger partial charge in [0.25, 0.3) is 0 Å². The lowest BCUT2D eigenvalue weighted by Crippen LogP contribution is -2.37. The number of rotatable bonds is 5. The summed E-state index contributed by atoms with van der Waals surface area (Å²) >= 11 is 0. The Hall–Kier alpha value is -1.66. The number of nitrogens with zero attached hydrogens (tertiary/aromatic N) is 1. The van der Waals surface area contributed by atoms with Gasteiger partial charge in [0.2, 0.25) is 0 Å². The summed E-state index contributed by atoms with van der Waals surface area (Å²) in [4.78, 5) is 0. The average molecular weight is 293 g/mol. The summed E-state index contributed by atoms with van der Waals surface area (Å²) in [6.07, 6.45) is 3.69. The lowest BCUT2D eigenvalue weighted by Gasteiger charge is -2.20. The van der Waals surface area contributed by atoms with Gasteiger partial charge in [-0.15, -0.1) is 0 Å². The van der Waals surface area contributed by atoms with Crippen molar-refractivity contribution in [2.24, 2.45) is 16.8 Å². The van der Waals surface area contributed by atoms with Gasteiger partial charge in [0.1, 0.15) is 5.82 Å². The lowest BCUT2D eigenvalue weighted by molar-refractivity contribution is 0.0808. The van der Waals surface area contributed by atoms with Crippen LogP contribution >= 0.6 is 0 Å². The van der Waals surface area contributed by atoms with Gasteiger partial charge in [-0.25, -0.2) is 4.39 Å². The first-order chi connectivity index (χ1) is 10.2. The Morgan fingerprint density at radius 2 is 2.24 bits per heavy atom. The van der Waals surface area contributed by atoms with Crippen molar-refractivity contribution >= 4 is 5.84 Å². The van der Waals surface area contributed by atoms with Crippen LogP contribution in [0.3, 0.4) is 0 Å². The molecule has 0 spiro atoms. The van der Waals surface area contributed by atoms with Crippen molar-refractivity contribution in [1.82, 2.24) is 5.32 Å². The van der Waals surface area contributed by atoms with Crippen LogP contribution in [0.25, 0.3) is 0 Å². The van der Waals surface area contributed by atoms with Crippen LogP contribution in [-0.4, -0.2) is 29.8 Å². The second kappa shape index (κ2) is 5.99. The molecule has 4 N–H and O–H groups in total. The van der Waals surface area contributed by atoms with Crippen LogP contribution in [0.4, 0.5) is 4.39 Å². The van der Waals surface area contributed by atoms with Crippen molar-refractivity contribution in [3.05, 3.63) is 35.1 Å². The zero-order valence-corrected chi connectivity index (χ0v) is 11.8. The second-order valence-electron chi connectivity index (χ2n) is 5.71. The van der Waals surface area contributed by atoms with Crippen LogP contribution < -0.4 is 11.1 Å². The number of amidine groups is 1. The van der Waals surface area contributed by atoms with Crippen molar-refractivity contribution in [2.75, 3.05) is 6.61 Å². The molecule has 0 radical (unpaired) electrons. The first kappa shape index (κ1) is 14.3. The number of nitrogens with one attached hydrogen (secondary N) is 1. The molecular weight excluding hydrogens is 273 g/mol. The highest BCUT2D eigenvalue weighted by Crippen LogP contribution is 2.38. The van der Waals surface area contributed by atoms with Crippen molar-refractivity contribution in [3.63, 3.8) is 0 Å². The molecule has 1 saturated heterocycles. The molecule has 1 heterocycles. The van der Waals surface area contributed by atoms with Crippen LogP contribution in [0.2, 0.25) is 0 Å². The largest absolute Gasteiger partial charge is 0.409 e. The standard InChI is InChI=1S/C15H20FN3O2/c16-13-10(2-1-3-11(13)15(17)19-20)8-18-12-6-7-21-14(12)9-4-5-9/h1-3,9,12,14,18,20H,4-8H2,(H2,17,19). The minimum absolute atomic E-state index is 0.123. The minimum Gasteiger partial charge on any atom is -0.409 e. The fraction of sp³-hybridized carbons (Fsp3) is 0.533. The molecule has 0 amide bonds. The van der Waals surface area contributed by atoms with Gasteiger partial charge >= 0.3 is 0 Å². The molecule has 2 atom stereocenters. The Balaban J connectivity index is 1.67. The summed E-state index contributed by atoms with van der Waals surface area (Å²) in [5.74, 6) is 0.00921. The van der Waals surface area contributed by atoms with Crippen LogP contribution in [0.15, 0.2) is 23.4 Å². The normalized spacial score (nSPS) is 26.2. The highest BCUT2D eigenvalue weighted by atomic mass is 19.1. The molecule has 1 aliphatic heterocycles. The van der Waals surface area contributed by atoms with Crippen molar-refractivity contribution < 1.29 is 14.3 Å². The summed E-state index contributed by atoms with van der Waals surface area (Å²) in [5, 5.41) is 14.9. The Bertz CT molecular complexity index is 546. The highest BCUT2D eigenvalue weighted by Gasteiger charge is 2.40. The minimum atomic E-state index is -0.442. The number of halogens is 1. The molecule has 6 heteroatoms. The van der Waals surface area contributed by atoms with Crippen LogP contribution in [0.1, 0.15) is 30.4 Å². The number of nitrogens with two attached hydrogens (primary N) is 1. The summed E-state index contributed by atoms with van der Waals surface area (Å²) in [7, 11) is 0. The zero-order chi connectivity index (χ0) is 14.8. The number of ether oxygens (including phenoxy) is 1. The Kier molecular flexibility index (Phi) is 4.07. The van der Waals surface area contributed by atoms with Crippen molar-refractivity contribution in [1.29, 1.82) is 0 Å². The fourth-order valence-electron chi connectivity index (χ4n) is 2.93. The van der Waals surface area contributed by atoms with E-state index < -0.39 is 5.82 Å². The maximum atomic E-state index is 14.3. The monoisotopic (exact) mass is 293 g/mol. The number of benzene rings is 1. The van der Waals surface area contributed by atoms with E-state index in [9.17, 15) is 4.39 Å². The average Bonchev–Trinajstić information content (AvgIpc) is 3.24. The van der Waals surface area contributed by atoms with E-state index in [-0.39, 0.29) is 23.5 Å². The Morgan fingerprint density at radius 1 is 1.43 bits per heavy atom. The van der Waals surface area contributed by atoms with Gasteiger partial charge in [-0.2, -0.15) is 0 Å². The van der Waals surface area contributed by atoms with Crippen LogP contribution in [-0.2, 0) is 11.3 Å². The SMILES string of the molecule is N/C(=N/O)c1cccc(CNC2CCOC2C2CC2)c1F. The molecule has 21 heavy (non-hydrogen) atoms. The summed E-state index contributed by atoms with van der Waals surface area (Å²) in [6, 6.07) is 5.19. The van der Waals surface area contributed by atoms with Gasteiger partial charge < -0.3 is 21.0 Å². The number of hydrogen-bond donors (Lipinski definition) is 3. The van der Waals surface area contributed by atoms with E-state index in [4.69, 9.17) is 15.7 Å². The predicted octanol–water partition coefficient (Wildman–Crippen LogP) is 1.58. The molecule has 1 aliphatic carbocycles. The maximum absolute atomic E-state index is 14.3. The summed E-state index contributed by atoms with van der Waals surface area (Å²) in [5.41, 5.74) is 6.11. The number of hydrogen-bond acceptors (Lipinski definition) is 4. The van der Waals surface area contributed by atoms with Gasteiger partial charge in [0, 0.05) is 24.8 Å². The molecule has 0 aromatic heterocycles. The molecule has 0 bridgehead atoms. The number of oxime groups is 1. The van der Waals surface area contributed by atoms with E-state index >= 15 is 0 Å². The summed E-state index contributed by atoms with van der Waals surface area (Å²) < 4.78 is 20.1. The van der Waals surface area contributed by atoms with E-state index in [1.165, 1.54) is 18.9 Å². The molecule has 2 fully saturated rings. The first-order valence-electron chi connectivity index (χ1n) is 7.31. The predicted molar refractivity (Wildman–Crippen MR) is 76.6 cm³/mol. The van der Waals surface area contributed by atoms with Gasteiger partial charge in [-0.05, 0) is 31.2 Å². The third-order valence-electron chi connectivity index (χ3n) is 4.24. The van der Waals surface area contributed by atoms with Gasteiger partial charge in [0.05, 0.1) is 11.7 Å². The Labute approximate surface area is 123 Å². The van der Waals surface area contributed by atoms with Crippen LogP contribution in [0.5, 0.6) is 0 Å². The second-order valence-corrected chi connectivity index (χ2v) is 5.71. The van der Waals surface area contributed by atoms with E-state index in [1.807, 2.05) is 0 Å². The van der Waals surface area contributed by atoms with Crippen LogP contribution in [0, 0.1) is 11.7 Å². The quantitative estimate of drug-likeness (QED) is 0.333. The molecule has 1 aromatic carbocycles. The van der Waals surface area contributed by atoms with Gasteiger partial charge in [0.15, 0.2) is 5.84 Å². The van der Waals surface area contributed by atoms with Gasteiger partial charge in [-0.3, -0.25) is 0 Å². The Morgan fingerprint density at radius 3 is 2.95 bits per heavy atom. The van der Waals surface area contributed by atoms with E-state index in [2.05, 4.69) is 10.5 Å². The maximum Gasteiger partial charge on any atom is 0.173 e. The van der Waals surface area contributed by atoms with Crippen molar-refractivity contribution in [3.8, 4) is 0 Å². The van der Waals surface area contributed by atoms with Crippen molar-refractivity contribution in [2.45, 2.75) is 38.0 Å². The van der Waals surface area contributed by atoms with E-state index in [1.54, 1.807) is 12.1 Å². The smallest absolute Gasteiger partial charge is 0.173 e. The summed E-state index contributed by atoms with van der Waals surface area (Å²) in [6.45, 7) is 1.18. The molecule has 2 unspecified atom stereocenters. The molecule has 2 aliphatic rings. The molecule has 5 nitrogen and oxygen atoms in total. The molecule has 3 rings (SSSR count). The fourth-order valence-corrected chi connectivity index (χ4v) is 2.93. The third-order valence-corrected chi connectivity index (χ3v) is 4.24. The van der Waals surface area contributed by atoms with E-state index in [0.29, 0.717) is 18.0 Å². The molecular formula is C15H20FN3O2. The molecule has 1 saturated carbocycles. The third kappa shape index (κ3) is 3.01. The molecule has 114 valence electrons. The van der Waals surface area contributed by atoms with Gasteiger partial charge in [-0.1, -0.05) is 17.3 Å². The highest BCUT2D eigenvalue weighted by molar-refractivity contribution is 5.97. The van der Waals surface area contributed by atoms with E-state index in [0.717, 1.165) is 13.0 Å². The molecule has 1 aromatic rings.